The lowest BCUT2D eigenvalue weighted by molar-refractivity contribution is 0.0629. The lowest BCUT2D eigenvalue weighted by Gasteiger charge is -2.26. The van der Waals surface area contributed by atoms with Gasteiger partial charge in [0.05, 0.1) is 6.61 Å². The Morgan fingerprint density at radius 3 is 2.79 bits per heavy atom. The molecule has 0 saturated heterocycles. The van der Waals surface area contributed by atoms with E-state index in [9.17, 15) is 4.79 Å². The van der Waals surface area contributed by atoms with Gasteiger partial charge in [0, 0.05) is 26.2 Å². The van der Waals surface area contributed by atoms with Crippen LogP contribution in [-0.4, -0.2) is 48.6 Å². The second-order valence-corrected chi connectivity index (χ2v) is 4.52. The lowest BCUT2D eigenvalue weighted by Crippen LogP contribution is -2.39. The summed E-state index contributed by atoms with van der Waals surface area (Å²) in [6.45, 7) is 7.84. The van der Waals surface area contributed by atoms with Gasteiger partial charge >= 0.3 is 0 Å². The van der Waals surface area contributed by atoms with Crippen molar-refractivity contribution < 1.29 is 9.53 Å². The summed E-state index contributed by atoms with van der Waals surface area (Å²) in [4.78, 5) is 18.5. The van der Waals surface area contributed by atoms with Crippen molar-refractivity contribution in [2.45, 2.75) is 26.8 Å². The summed E-state index contributed by atoms with van der Waals surface area (Å²) in [5.74, 6) is 0.663. The van der Waals surface area contributed by atoms with Crippen molar-refractivity contribution in [3.8, 4) is 0 Å². The second-order valence-electron chi connectivity index (χ2n) is 4.52. The number of amides is 1. The summed E-state index contributed by atoms with van der Waals surface area (Å²) in [5.41, 5.74) is 0.461. The number of nitrogens with zero attached hydrogens (tertiary/aromatic N) is 2. The van der Waals surface area contributed by atoms with E-state index in [4.69, 9.17) is 4.74 Å². The molecule has 1 aromatic rings. The van der Waals surface area contributed by atoms with Crippen LogP contribution in [0.3, 0.4) is 0 Å². The molecule has 0 fully saturated rings. The average Bonchev–Trinajstić information content (AvgIpc) is 2.39. The molecule has 0 atom stereocenters. The van der Waals surface area contributed by atoms with Crippen LogP contribution in [0.15, 0.2) is 18.2 Å². The maximum absolute atomic E-state index is 12.4. The van der Waals surface area contributed by atoms with E-state index in [1.165, 1.54) is 0 Å². The standard InChI is InChI=1S/C14H23N3O2/c1-5-15-13-8-6-7-12(16-13)14(18)17(11(2)3)9-10-19-4/h6-8,11H,5,9-10H2,1-4H3,(H,15,16). The highest BCUT2D eigenvalue weighted by molar-refractivity contribution is 5.92. The first-order valence-corrected chi connectivity index (χ1v) is 6.61. The zero-order valence-corrected chi connectivity index (χ0v) is 12.1. The number of aromatic nitrogens is 1. The Labute approximate surface area is 115 Å². The molecule has 0 aromatic carbocycles. The van der Waals surface area contributed by atoms with E-state index in [1.54, 1.807) is 18.1 Å². The van der Waals surface area contributed by atoms with Gasteiger partial charge in [-0.3, -0.25) is 4.79 Å². The predicted octanol–water partition coefficient (Wildman–Crippen LogP) is 2.01. The van der Waals surface area contributed by atoms with Crippen LogP contribution in [0.1, 0.15) is 31.3 Å². The van der Waals surface area contributed by atoms with Gasteiger partial charge in [0.25, 0.3) is 5.91 Å². The molecule has 0 radical (unpaired) electrons. The molecule has 1 amide bonds. The van der Waals surface area contributed by atoms with Crippen LogP contribution in [-0.2, 0) is 4.74 Å². The Kier molecular flexibility index (Phi) is 6.29. The molecule has 0 aliphatic heterocycles. The summed E-state index contributed by atoms with van der Waals surface area (Å²) in [6, 6.07) is 5.56. The Bertz CT molecular complexity index is 407. The summed E-state index contributed by atoms with van der Waals surface area (Å²) in [6.07, 6.45) is 0. The zero-order chi connectivity index (χ0) is 14.3. The Hall–Kier alpha value is -1.62. The number of carbonyl (C=O) groups excluding carboxylic acids is 1. The Balaban J connectivity index is 2.86. The number of rotatable bonds is 7. The number of carbonyl (C=O) groups is 1. The minimum absolute atomic E-state index is 0.0631. The number of nitrogens with one attached hydrogen (secondary N) is 1. The Morgan fingerprint density at radius 2 is 2.21 bits per heavy atom. The molecule has 1 rings (SSSR count). The molecule has 19 heavy (non-hydrogen) atoms. The molecule has 106 valence electrons. The third kappa shape index (κ3) is 4.52. The van der Waals surface area contributed by atoms with Crippen LogP contribution in [0, 0.1) is 0 Å². The van der Waals surface area contributed by atoms with Crippen LogP contribution < -0.4 is 5.32 Å². The highest BCUT2D eigenvalue weighted by atomic mass is 16.5. The predicted molar refractivity (Wildman–Crippen MR) is 76.4 cm³/mol. The van der Waals surface area contributed by atoms with Crippen LogP contribution in [0.4, 0.5) is 5.82 Å². The van der Waals surface area contributed by atoms with Crippen molar-refractivity contribution in [1.29, 1.82) is 0 Å². The first-order chi connectivity index (χ1) is 9.10. The van der Waals surface area contributed by atoms with E-state index in [0.717, 1.165) is 12.4 Å². The van der Waals surface area contributed by atoms with Gasteiger partial charge in [-0.15, -0.1) is 0 Å². The smallest absolute Gasteiger partial charge is 0.272 e. The fourth-order valence-corrected chi connectivity index (χ4v) is 1.76. The fourth-order valence-electron chi connectivity index (χ4n) is 1.76. The molecule has 0 saturated carbocycles. The minimum Gasteiger partial charge on any atom is -0.383 e. The second kappa shape index (κ2) is 7.74. The van der Waals surface area contributed by atoms with E-state index in [-0.39, 0.29) is 11.9 Å². The molecule has 0 unspecified atom stereocenters. The maximum atomic E-state index is 12.4. The number of methoxy groups -OCH3 is 1. The number of anilines is 1. The molecular formula is C14H23N3O2. The Morgan fingerprint density at radius 1 is 1.47 bits per heavy atom. The van der Waals surface area contributed by atoms with Gasteiger partial charge in [0.1, 0.15) is 11.5 Å². The van der Waals surface area contributed by atoms with Crippen molar-refractivity contribution in [2.75, 3.05) is 32.1 Å². The number of ether oxygens (including phenoxy) is 1. The number of pyridine rings is 1. The molecule has 0 bridgehead atoms. The number of hydrogen-bond acceptors (Lipinski definition) is 4. The normalized spacial score (nSPS) is 10.6. The molecule has 5 nitrogen and oxygen atoms in total. The van der Waals surface area contributed by atoms with E-state index < -0.39 is 0 Å². The van der Waals surface area contributed by atoms with Crippen molar-refractivity contribution in [2.24, 2.45) is 0 Å². The van der Waals surface area contributed by atoms with E-state index in [2.05, 4.69) is 10.3 Å². The third-order valence-electron chi connectivity index (χ3n) is 2.75. The van der Waals surface area contributed by atoms with Crippen molar-refractivity contribution in [1.82, 2.24) is 9.88 Å². The van der Waals surface area contributed by atoms with E-state index in [0.29, 0.717) is 18.8 Å². The summed E-state index contributed by atoms with van der Waals surface area (Å²) in [7, 11) is 1.63. The molecular weight excluding hydrogens is 242 g/mol. The van der Waals surface area contributed by atoms with Crippen molar-refractivity contribution in [3.63, 3.8) is 0 Å². The first kappa shape index (κ1) is 15.4. The summed E-state index contributed by atoms with van der Waals surface area (Å²) >= 11 is 0. The minimum atomic E-state index is -0.0631. The summed E-state index contributed by atoms with van der Waals surface area (Å²) < 4.78 is 5.04. The van der Waals surface area contributed by atoms with Gasteiger partial charge in [-0.2, -0.15) is 0 Å². The van der Waals surface area contributed by atoms with E-state index in [1.807, 2.05) is 32.9 Å². The fraction of sp³-hybridized carbons (Fsp3) is 0.571. The highest BCUT2D eigenvalue weighted by Gasteiger charge is 2.19. The monoisotopic (exact) mass is 265 g/mol. The molecule has 0 aliphatic carbocycles. The van der Waals surface area contributed by atoms with Crippen molar-refractivity contribution in [3.05, 3.63) is 23.9 Å². The van der Waals surface area contributed by atoms with Gasteiger partial charge < -0.3 is 15.0 Å². The van der Waals surface area contributed by atoms with Gasteiger partial charge in [-0.25, -0.2) is 4.98 Å². The molecule has 1 N–H and O–H groups in total. The molecule has 1 heterocycles. The van der Waals surface area contributed by atoms with Gasteiger partial charge in [0.15, 0.2) is 0 Å². The summed E-state index contributed by atoms with van der Waals surface area (Å²) in [5, 5.41) is 3.11. The first-order valence-electron chi connectivity index (χ1n) is 6.61. The molecule has 1 aromatic heterocycles. The van der Waals surface area contributed by atoms with Crippen LogP contribution in [0.25, 0.3) is 0 Å². The SMILES string of the molecule is CCNc1cccc(C(=O)N(CCOC)C(C)C)n1. The van der Waals surface area contributed by atoms with Crippen LogP contribution in [0.2, 0.25) is 0 Å². The molecule has 0 spiro atoms. The van der Waals surface area contributed by atoms with Gasteiger partial charge in [-0.1, -0.05) is 6.07 Å². The van der Waals surface area contributed by atoms with E-state index >= 15 is 0 Å². The van der Waals surface area contributed by atoms with Crippen LogP contribution >= 0.6 is 0 Å². The van der Waals surface area contributed by atoms with Gasteiger partial charge in [0.2, 0.25) is 0 Å². The van der Waals surface area contributed by atoms with Crippen LogP contribution in [0.5, 0.6) is 0 Å². The maximum Gasteiger partial charge on any atom is 0.272 e. The number of hydrogen-bond donors (Lipinski definition) is 1. The zero-order valence-electron chi connectivity index (χ0n) is 12.1. The molecule has 5 heteroatoms. The highest BCUT2D eigenvalue weighted by Crippen LogP contribution is 2.10. The molecule has 0 aliphatic rings. The average molecular weight is 265 g/mol. The third-order valence-corrected chi connectivity index (χ3v) is 2.75. The lowest BCUT2D eigenvalue weighted by atomic mass is 10.2. The van der Waals surface area contributed by atoms with Gasteiger partial charge in [-0.05, 0) is 32.9 Å². The topological polar surface area (TPSA) is 54.5 Å². The van der Waals surface area contributed by atoms with Crippen molar-refractivity contribution >= 4 is 11.7 Å². The largest absolute Gasteiger partial charge is 0.383 e. The quantitative estimate of drug-likeness (QED) is 0.819.